The highest BCUT2D eigenvalue weighted by molar-refractivity contribution is 7.10. The first-order chi connectivity index (χ1) is 10.1. The van der Waals surface area contributed by atoms with Gasteiger partial charge in [0.15, 0.2) is 0 Å². The topological polar surface area (TPSA) is 19.4 Å². The van der Waals surface area contributed by atoms with Crippen LogP contribution in [0.2, 0.25) is 0 Å². The van der Waals surface area contributed by atoms with Crippen molar-refractivity contribution in [1.82, 2.24) is 14.8 Å². The SMILES string of the molecule is Cc1ccsc1CN(CCCN(C)C)Cc1ccccn1. The van der Waals surface area contributed by atoms with Crippen molar-refractivity contribution in [3.63, 3.8) is 0 Å². The Morgan fingerprint density at radius 2 is 1.95 bits per heavy atom. The van der Waals surface area contributed by atoms with Crippen molar-refractivity contribution in [2.75, 3.05) is 27.2 Å². The van der Waals surface area contributed by atoms with Crippen LogP contribution in [0.15, 0.2) is 35.8 Å². The third-order valence-electron chi connectivity index (χ3n) is 3.53. The third kappa shape index (κ3) is 5.58. The Bertz CT molecular complexity index is 522. The minimum Gasteiger partial charge on any atom is -0.309 e. The molecule has 0 N–H and O–H groups in total. The second-order valence-corrected chi connectivity index (χ2v) is 6.72. The summed E-state index contributed by atoms with van der Waals surface area (Å²) in [7, 11) is 4.26. The molecule has 0 atom stereocenters. The van der Waals surface area contributed by atoms with Crippen LogP contribution in [0.1, 0.15) is 22.6 Å². The van der Waals surface area contributed by atoms with Gasteiger partial charge in [-0.2, -0.15) is 0 Å². The predicted octanol–water partition coefficient (Wildman–Crippen LogP) is 3.41. The van der Waals surface area contributed by atoms with Crippen LogP contribution in [0.25, 0.3) is 0 Å². The van der Waals surface area contributed by atoms with Crippen LogP contribution in [0.5, 0.6) is 0 Å². The molecule has 2 rings (SSSR count). The second-order valence-electron chi connectivity index (χ2n) is 5.72. The van der Waals surface area contributed by atoms with E-state index in [1.54, 1.807) is 0 Å². The number of rotatable bonds is 8. The van der Waals surface area contributed by atoms with Gasteiger partial charge in [-0.05, 0) is 63.1 Å². The first-order valence-corrected chi connectivity index (χ1v) is 8.33. The average Bonchev–Trinajstić information content (AvgIpc) is 2.85. The average molecular weight is 303 g/mol. The summed E-state index contributed by atoms with van der Waals surface area (Å²) < 4.78 is 0. The number of nitrogens with zero attached hydrogens (tertiary/aromatic N) is 3. The van der Waals surface area contributed by atoms with Crippen molar-refractivity contribution in [2.45, 2.75) is 26.4 Å². The Hall–Kier alpha value is -1.23. The maximum atomic E-state index is 4.46. The molecule has 0 amide bonds. The quantitative estimate of drug-likeness (QED) is 0.745. The molecular weight excluding hydrogens is 278 g/mol. The molecule has 21 heavy (non-hydrogen) atoms. The van der Waals surface area contributed by atoms with E-state index in [1.807, 2.05) is 23.6 Å². The molecule has 2 heterocycles. The zero-order valence-corrected chi connectivity index (χ0v) is 14.1. The van der Waals surface area contributed by atoms with E-state index in [-0.39, 0.29) is 0 Å². The number of aromatic nitrogens is 1. The zero-order chi connectivity index (χ0) is 15.1. The van der Waals surface area contributed by atoms with E-state index in [2.05, 4.69) is 59.4 Å². The largest absolute Gasteiger partial charge is 0.309 e. The molecule has 0 fully saturated rings. The Morgan fingerprint density at radius 3 is 2.57 bits per heavy atom. The molecule has 3 nitrogen and oxygen atoms in total. The molecule has 2 aromatic heterocycles. The molecular formula is C17H25N3S. The number of hydrogen-bond acceptors (Lipinski definition) is 4. The van der Waals surface area contributed by atoms with Gasteiger partial charge in [0.1, 0.15) is 0 Å². The summed E-state index contributed by atoms with van der Waals surface area (Å²) in [4.78, 5) is 10.7. The molecule has 0 unspecified atom stereocenters. The minimum absolute atomic E-state index is 0.922. The monoisotopic (exact) mass is 303 g/mol. The standard InChI is InChI=1S/C17H25N3S/c1-15-8-12-21-17(15)14-20(11-6-10-19(2)3)13-16-7-4-5-9-18-16/h4-5,7-9,12H,6,10-11,13-14H2,1-3H3. The molecule has 0 saturated carbocycles. The molecule has 0 bridgehead atoms. The van der Waals surface area contributed by atoms with E-state index in [0.29, 0.717) is 0 Å². The lowest BCUT2D eigenvalue weighted by atomic mass is 10.2. The highest BCUT2D eigenvalue weighted by Crippen LogP contribution is 2.19. The number of pyridine rings is 1. The number of hydrogen-bond donors (Lipinski definition) is 0. The summed E-state index contributed by atoms with van der Waals surface area (Å²) in [6.07, 6.45) is 3.06. The molecule has 4 heteroatoms. The van der Waals surface area contributed by atoms with Crippen LogP contribution >= 0.6 is 11.3 Å². The van der Waals surface area contributed by atoms with Gasteiger partial charge in [0.2, 0.25) is 0 Å². The van der Waals surface area contributed by atoms with Crippen LogP contribution in [-0.2, 0) is 13.1 Å². The van der Waals surface area contributed by atoms with Crippen LogP contribution in [-0.4, -0.2) is 42.0 Å². The lowest BCUT2D eigenvalue weighted by Gasteiger charge is -2.22. The Balaban J connectivity index is 1.97. The minimum atomic E-state index is 0.922. The summed E-state index contributed by atoms with van der Waals surface area (Å²) >= 11 is 1.86. The lowest BCUT2D eigenvalue weighted by molar-refractivity contribution is 0.239. The molecule has 0 aliphatic rings. The maximum Gasteiger partial charge on any atom is 0.0544 e. The van der Waals surface area contributed by atoms with Crippen LogP contribution < -0.4 is 0 Å². The molecule has 0 aliphatic heterocycles. The van der Waals surface area contributed by atoms with E-state index in [1.165, 1.54) is 16.9 Å². The highest BCUT2D eigenvalue weighted by Gasteiger charge is 2.10. The summed E-state index contributed by atoms with van der Waals surface area (Å²) in [5.74, 6) is 0. The van der Waals surface area contributed by atoms with Gasteiger partial charge >= 0.3 is 0 Å². The zero-order valence-electron chi connectivity index (χ0n) is 13.2. The van der Waals surface area contributed by atoms with Crippen LogP contribution in [0.4, 0.5) is 0 Å². The molecule has 0 aromatic carbocycles. The van der Waals surface area contributed by atoms with Crippen molar-refractivity contribution in [3.05, 3.63) is 52.0 Å². The fourth-order valence-corrected chi connectivity index (χ4v) is 3.26. The Kier molecular flexibility index (Phi) is 6.36. The lowest BCUT2D eigenvalue weighted by Crippen LogP contribution is -2.27. The molecule has 0 radical (unpaired) electrons. The summed E-state index contributed by atoms with van der Waals surface area (Å²) in [6, 6.07) is 8.36. The highest BCUT2D eigenvalue weighted by atomic mass is 32.1. The van der Waals surface area contributed by atoms with E-state index >= 15 is 0 Å². The fraction of sp³-hybridized carbons (Fsp3) is 0.471. The van der Waals surface area contributed by atoms with Gasteiger partial charge in [-0.3, -0.25) is 9.88 Å². The van der Waals surface area contributed by atoms with Crippen molar-refractivity contribution in [1.29, 1.82) is 0 Å². The van der Waals surface area contributed by atoms with Crippen molar-refractivity contribution < 1.29 is 0 Å². The molecule has 114 valence electrons. The first-order valence-electron chi connectivity index (χ1n) is 7.45. The van der Waals surface area contributed by atoms with Gasteiger partial charge in [0, 0.05) is 30.7 Å². The van der Waals surface area contributed by atoms with Crippen LogP contribution in [0, 0.1) is 6.92 Å². The van der Waals surface area contributed by atoms with Gasteiger partial charge in [-0.25, -0.2) is 0 Å². The van der Waals surface area contributed by atoms with Crippen molar-refractivity contribution >= 4 is 11.3 Å². The predicted molar refractivity (Wildman–Crippen MR) is 90.6 cm³/mol. The Labute approximate surface area is 132 Å². The van der Waals surface area contributed by atoms with Gasteiger partial charge in [-0.1, -0.05) is 6.07 Å². The summed E-state index contributed by atoms with van der Waals surface area (Å²) in [5.41, 5.74) is 2.55. The molecule has 0 aliphatic carbocycles. The van der Waals surface area contributed by atoms with Crippen molar-refractivity contribution in [2.24, 2.45) is 0 Å². The van der Waals surface area contributed by atoms with Gasteiger partial charge in [0.25, 0.3) is 0 Å². The van der Waals surface area contributed by atoms with Gasteiger partial charge in [0.05, 0.1) is 5.69 Å². The Morgan fingerprint density at radius 1 is 1.10 bits per heavy atom. The smallest absolute Gasteiger partial charge is 0.0544 e. The fourth-order valence-electron chi connectivity index (χ4n) is 2.31. The van der Waals surface area contributed by atoms with Gasteiger partial charge in [-0.15, -0.1) is 11.3 Å². The van der Waals surface area contributed by atoms with E-state index in [4.69, 9.17) is 0 Å². The molecule has 2 aromatic rings. The number of thiophene rings is 1. The summed E-state index contributed by atoms with van der Waals surface area (Å²) in [6.45, 7) is 6.37. The summed E-state index contributed by atoms with van der Waals surface area (Å²) in [5, 5.41) is 2.18. The number of aryl methyl sites for hydroxylation is 1. The maximum absolute atomic E-state index is 4.46. The second kappa shape index (κ2) is 8.27. The third-order valence-corrected chi connectivity index (χ3v) is 4.53. The molecule has 0 spiro atoms. The van der Waals surface area contributed by atoms with Crippen molar-refractivity contribution in [3.8, 4) is 0 Å². The van der Waals surface area contributed by atoms with E-state index in [9.17, 15) is 0 Å². The van der Waals surface area contributed by atoms with E-state index in [0.717, 1.165) is 31.9 Å². The molecule has 0 saturated heterocycles. The van der Waals surface area contributed by atoms with E-state index < -0.39 is 0 Å². The van der Waals surface area contributed by atoms with Gasteiger partial charge < -0.3 is 4.90 Å². The normalized spacial score (nSPS) is 11.5. The van der Waals surface area contributed by atoms with Crippen LogP contribution in [0.3, 0.4) is 0 Å². The first kappa shape index (κ1) is 16.1.